The third kappa shape index (κ3) is 4.28. The Morgan fingerprint density at radius 1 is 1.18 bits per heavy atom. The van der Waals surface area contributed by atoms with Gasteiger partial charge in [0, 0.05) is 25.3 Å². The fraction of sp³-hybridized carbons (Fsp3) is 0.269. The summed E-state index contributed by atoms with van der Waals surface area (Å²) in [5.41, 5.74) is 3.33. The molecular weight excluding hydrogens is 450 g/mol. The van der Waals surface area contributed by atoms with Crippen molar-refractivity contribution in [2.45, 2.75) is 19.9 Å². The van der Waals surface area contributed by atoms with E-state index in [0.29, 0.717) is 26.4 Å². The first-order valence-corrected chi connectivity index (χ1v) is 11.8. The zero-order valence-electron chi connectivity index (χ0n) is 19.9. The van der Waals surface area contributed by atoms with E-state index in [1.807, 2.05) is 67.5 Å². The number of esters is 1. The second kappa shape index (κ2) is 9.69. The van der Waals surface area contributed by atoms with Crippen molar-refractivity contribution in [2.75, 3.05) is 32.7 Å². The summed E-state index contributed by atoms with van der Waals surface area (Å²) in [4.78, 5) is 33.8. The molecule has 7 nitrogen and oxygen atoms in total. The number of ether oxygens (including phenoxy) is 2. The number of benzene rings is 2. The summed E-state index contributed by atoms with van der Waals surface area (Å²) in [6.07, 6.45) is 1.80. The van der Waals surface area contributed by atoms with Gasteiger partial charge in [0.15, 0.2) is 4.80 Å². The fourth-order valence-corrected chi connectivity index (χ4v) is 5.03. The van der Waals surface area contributed by atoms with Gasteiger partial charge in [0.25, 0.3) is 5.56 Å². The lowest BCUT2D eigenvalue weighted by molar-refractivity contribution is -0.139. The molecule has 1 atom stereocenters. The van der Waals surface area contributed by atoms with Crippen LogP contribution in [-0.2, 0) is 9.53 Å². The zero-order chi connectivity index (χ0) is 24.4. The van der Waals surface area contributed by atoms with Gasteiger partial charge in [0.1, 0.15) is 5.75 Å². The van der Waals surface area contributed by atoms with Crippen LogP contribution in [0.3, 0.4) is 0 Å². The normalized spacial score (nSPS) is 15.6. The lowest BCUT2D eigenvalue weighted by Gasteiger charge is -2.25. The maximum atomic E-state index is 13.7. The molecule has 0 amide bonds. The van der Waals surface area contributed by atoms with Crippen LogP contribution in [-0.4, -0.2) is 38.3 Å². The first kappa shape index (κ1) is 23.5. The van der Waals surface area contributed by atoms with Crippen molar-refractivity contribution >= 4 is 29.1 Å². The number of aromatic nitrogens is 1. The van der Waals surface area contributed by atoms with Crippen LogP contribution in [0.1, 0.15) is 31.0 Å². The molecule has 2 heterocycles. The molecule has 2 aromatic carbocycles. The average molecular weight is 478 g/mol. The summed E-state index contributed by atoms with van der Waals surface area (Å²) in [7, 11) is 5.52. The van der Waals surface area contributed by atoms with Gasteiger partial charge in [-0.2, -0.15) is 0 Å². The Bertz CT molecular complexity index is 1430. The third-order valence-electron chi connectivity index (χ3n) is 5.67. The second-order valence-corrected chi connectivity index (χ2v) is 9.04. The number of para-hydroxylation sites is 1. The number of hydrogen-bond donors (Lipinski definition) is 0. The minimum Gasteiger partial charge on any atom is -0.496 e. The first-order chi connectivity index (χ1) is 16.3. The van der Waals surface area contributed by atoms with E-state index in [1.54, 1.807) is 31.6 Å². The highest BCUT2D eigenvalue weighted by Crippen LogP contribution is 2.31. The lowest BCUT2D eigenvalue weighted by atomic mass is 9.95. The summed E-state index contributed by atoms with van der Waals surface area (Å²) < 4.78 is 12.9. The highest BCUT2D eigenvalue weighted by Gasteiger charge is 2.33. The van der Waals surface area contributed by atoms with E-state index in [2.05, 4.69) is 4.99 Å². The Hall–Kier alpha value is -3.65. The number of methoxy groups -OCH3 is 1. The van der Waals surface area contributed by atoms with Crippen molar-refractivity contribution in [1.82, 2.24) is 4.57 Å². The standard InChI is InChI=1S/C26H27N3O4S/c1-6-33-25(31)22-16(2)27-26-29(23(22)17-11-13-19(14-12-17)28(3)4)24(30)21(34-26)15-18-9-7-8-10-20(18)32-5/h7-15,23H,6H2,1-5H3/t23-/m0/s1. The maximum absolute atomic E-state index is 13.7. The van der Waals surface area contributed by atoms with Crippen LogP contribution in [0.5, 0.6) is 5.75 Å². The molecule has 0 radical (unpaired) electrons. The van der Waals surface area contributed by atoms with Crippen molar-refractivity contribution in [3.63, 3.8) is 0 Å². The molecule has 0 unspecified atom stereocenters. The minimum atomic E-state index is -0.633. The number of carbonyl (C=O) groups excluding carboxylic acids is 1. The smallest absolute Gasteiger partial charge is 0.338 e. The van der Waals surface area contributed by atoms with Crippen LogP contribution >= 0.6 is 11.3 Å². The summed E-state index contributed by atoms with van der Waals surface area (Å²) in [6.45, 7) is 3.78. The van der Waals surface area contributed by atoms with Crippen LogP contribution in [0.25, 0.3) is 6.08 Å². The number of thiazole rings is 1. The van der Waals surface area contributed by atoms with Gasteiger partial charge < -0.3 is 14.4 Å². The van der Waals surface area contributed by atoms with Gasteiger partial charge in [0.2, 0.25) is 0 Å². The molecule has 0 saturated heterocycles. The largest absolute Gasteiger partial charge is 0.496 e. The van der Waals surface area contributed by atoms with E-state index < -0.39 is 12.0 Å². The summed E-state index contributed by atoms with van der Waals surface area (Å²) in [6, 6.07) is 14.7. The Morgan fingerprint density at radius 2 is 1.88 bits per heavy atom. The zero-order valence-corrected chi connectivity index (χ0v) is 20.7. The molecular formula is C26H27N3O4S. The molecule has 0 fully saturated rings. The highest BCUT2D eigenvalue weighted by molar-refractivity contribution is 7.07. The average Bonchev–Trinajstić information content (AvgIpc) is 3.13. The molecule has 1 aromatic heterocycles. The first-order valence-electron chi connectivity index (χ1n) is 11.0. The number of hydrogen-bond acceptors (Lipinski definition) is 7. The van der Waals surface area contributed by atoms with Crippen LogP contribution in [0.15, 0.2) is 69.6 Å². The van der Waals surface area contributed by atoms with Crippen molar-refractivity contribution in [1.29, 1.82) is 0 Å². The van der Waals surface area contributed by atoms with Crippen molar-refractivity contribution in [3.8, 4) is 5.75 Å². The quantitative estimate of drug-likeness (QED) is 0.511. The second-order valence-electron chi connectivity index (χ2n) is 8.03. The van der Waals surface area contributed by atoms with Gasteiger partial charge in [0.05, 0.1) is 35.6 Å². The van der Waals surface area contributed by atoms with E-state index in [9.17, 15) is 9.59 Å². The van der Waals surface area contributed by atoms with Crippen molar-refractivity contribution < 1.29 is 14.3 Å². The maximum Gasteiger partial charge on any atom is 0.338 e. The van der Waals surface area contributed by atoms with E-state index in [4.69, 9.17) is 9.47 Å². The van der Waals surface area contributed by atoms with E-state index in [-0.39, 0.29) is 12.2 Å². The van der Waals surface area contributed by atoms with Gasteiger partial charge >= 0.3 is 5.97 Å². The van der Waals surface area contributed by atoms with Crippen LogP contribution in [0.2, 0.25) is 0 Å². The summed E-state index contributed by atoms with van der Waals surface area (Å²) in [5.74, 6) is 0.206. The fourth-order valence-electron chi connectivity index (χ4n) is 3.99. The van der Waals surface area contributed by atoms with Crippen molar-refractivity contribution in [2.24, 2.45) is 4.99 Å². The Labute approximate surface area is 201 Å². The number of allylic oxidation sites excluding steroid dienone is 1. The SMILES string of the molecule is CCOC(=O)C1=C(C)N=c2sc(=Cc3ccccc3OC)c(=O)n2[C@H]1c1ccc(N(C)C)cc1. The number of carbonyl (C=O) groups is 1. The topological polar surface area (TPSA) is 73.1 Å². The Kier molecular flexibility index (Phi) is 6.70. The molecule has 0 saturated carbocycles. The molecule has 3 aromatic rings. The molecule has 176 valence electrons. The highest BCUT2D eigenvalue weighted by atomic mass is 32.1. The number of anilines is 1. The molecule has 1 aliphatic rings. The van der Waals surface area contributed by atoms with Crippen LogP contribution in [0, 0.1) is 0 Å². The molecule has 4 rings (SSSR count). The number of nitrogens with zero attached hydrogens (tertiary/aromatic N) is 3. The van der Waals surface area contributed by atoms with E-state index in [0.717, 1.165) is 16.8 Å². The van der Waals surface area contributed by atoms with Crippen LogP contribution in [0.4, 0.5) is 5.69 Å². The molecule has 0 bridgehead atoms. The predicted molar refractivity (Wildman–Crippen MR) is 134 cm³/mol. The molecule has 1 aliphatic heterocycles. The Morgan fingerprint density at radius 3 is 2.53 bits per heavy atom. The van der Waals surface area contributed by atoms with Crippen LogP contribution < -0.4 is 24.5 Å². The summed E-state index contributed by atoms with van der Waals surface area (Å²) >= 11 is 1.29. The summed E-state index contributed by atoms with van der Waals surface area (Å²) in [5, 5.41) is 0. The third-order valence-corrected chi connectivity index (χ3v) is 6.65. The van der Waals surface area contributed by atoms with Gasteiger partial charge in [-0.25, -0.2) is 9.79 Å². The van der Waals surface area contributed by atoms with Gasteiger partial charge in [-0.05, 0) is 43.7 Å². The molecule has 0 N–H and O–H groups in total. The van der Waals surface area contributed by atoms with E-state index >= 15 is 0 Å². The van der Waals surface area contributed by atoms with E-state index in [1.165, 1.54) is 11.3 Å². The Balaban J connectivity index is 1.95. The number of fused-ring (bicyclic) bond motifs is 1. The van der Waals surface area contributed by atoms with Crippen molar-refractivity contribution in [3.05, 3.63) is 90.6 Å². The van der Waals surface area contributed by atoms with Gasteiger partial charge in [-0.1, -0.05) is 41.7 Å². The van der Waals surface area contributed by atoms with Gasteiger partial charge in [-0.15, -0.1) is 0 Å². The molecule has 0 aliphatic carbocycles. The molecule has 0 spiro atoms. The number of rotatable bonds is 6. The van der Waals surface area contributed by atoms with Gasteiger partial charge in [-0.3, -0.25) is 9.36 Å². The molecule has 8 heteroatoms. The molecule has 34 heavy (non-hydrogen) atoms. The predicted octanol–water partition coefficient (Wildman–Crippen LogP) is 2.87. The lowest BCUT2D eigenvalue weighted by Crippen LogP contribution is -2.39. The monoisotopic (exact) mass is 477 g/mol. The minimum absolute atomic E-state index is 0.217.